The predicted molar refractivity (Wildman–Crippen MR) is 61.4 cm³/mol. The molecule has 72 valence electrons. The number of hydrogen-bond donors (Lipinski definition) is 0. The summed E-state index contributed by atoms with van der Waals surface area (Å²) in [6, 6.07) is 0. The average Bonchev–Trinajstić information content (AvgIpc) is 2.15. The molecule has 0 saturated heterocycles. The van der Waals surface area contributed by atoms with E-state index in [-0.39, 0.29) is 10.4 Å². The van der Waals surface area contributed by atoms with E-state index in [1.165, 1.54) is 0 Å². The maximum absolute atomic E-state index is 5.85. The predicted octanol–water partition coefficient (Wildman–Crippen LogP) is 2.54. The molecule has 1 heterocycles. The van der Waals surface area contributed by atoms with Gasteiger partial charge >= 0.3 is 0 Å². The SMILES string of the molecule is C#Cc1nc(Cl)nc(Cl)c1/C(Br)=N\C. The number of rotatable bonds is 1. The second-order valence-corrected chi connectivity index (χ2v) is 3.61. The van der Waals surface area contributed by atoms with Gasteiger partial charge in [0, 0.05) is 7.05 Å². The number of nitrogens with zero attached hydrogens (tertiary/aromatic N) is 3. The first kappa shape index (κ1) is 11.4. The molecular formula is C8H4BrCl2N3. The van der Waals surface area contributed by atoms with Gasteiger partial charge in [0.05, 0.1) is 5.56 Å². The fourth-order valence-corrected chi connectivity index (χ4v) is 1.77. The van der Waals surface area contributed by atoms with Crippen LogP contribution in [-0.4, -0.2) is 21.6 Å². The zero-order valence-electron chi connectivity index (χ0n) is 7.05. The van der Waals surface area contributed by atoms with E-state index in [9.17, 15) is 0 Å². The second kappa shape index (κ2) is 4.74. The molecule has 0 aromatic carbocycles. The number of hydrogen-bond acceptors (Lipinski definition) is 3. The Balaban J connectivity index is 3.50. The van der Waals surface area contributed by atoms with Crippen molar-refractivity contribution in [1.29, 1.82) is 0 Å². The summed E-state index contributed by atoms with van der Waals surface area (Å²) in [6.45, 7) is 0. The molecule has 0 saturated carbocycles. The van der Waals surface area contributed by atoms with Crippen LogP contribution < -0.4 is 0 Å². The summed E-state index contributed by atoms with van der Waals surface area (Å²) in [5.74, 6) is 2.36. The lowest BCUT2D eigenvalue weighted by Gasteiger charge is -2.03. The largest absolute Gasteiger partial charge is 0.280 e. The van der Waals surface area contributed by atoms with Crippen molar-refractivity contribution in [3.05, 3.63) is 21.7 Å². The quantitative estimate of drug-likeness (QED) is 0.345. The molecule has 0 fully saturated rings. The van der Waals surface area contributed by atoms with Crippen molar-refractivity contribution in [3.8, 4) is 12.3 Å². The average molecular weight is 293 g/mol. The Morgan fingerprint density at radius 3 is 2.64 bits per heavy atom. The molecule has 0 atom stereocenters. The summed E-state index contributed by atoms with van der Waals surface area (Å²) in [6.07, 6.45) is 5.25. The van der Waals surface area contributed by atoms with Gasteiger partial charge in [0.15, 0.2) is 0 Å². The van der Waals surface area contributed by atoms with Crippen LogP contribution in [0.1, 0.15) is 11.3 Å². The highest BCUT2D eigenvalue weighted by Gasteiger charge is 2.14. The fourth-order valence-electron chi connectivity index (χ4n) is 0.807. The molecule has 1 aromatic heterocycles. The van der Waals surface area contributed by atoms with Crippen LogP contribution >= 0.6 is 39.1 Å². The van der Waals surface area contributed by atoms with Crippen LogP contribution in [0.2, 0.25) is 10.4 Å². The first-order chi connectivity index (χ1) is 6.60. The Morgan fingerprint density at radius 2 is 2.14 bits per heavy atom. The first-order valence-corrected chi connectivity index (χ1v) is 4.97. The van der Waals surface area contributed by atoms with Gasteiger partial charge in [0.25, 0.3) is 0 Å². The third-order valence-corrected chi connectivity index (χ3v) is 2.57. The topological polar surface area (TPSA) is 38.1 Å². The van der Waals surface area contributed by atoms with Crippen LogP contribution in [0, 0.1) is 12.3 Å². The van der Waals surface area contributed by atoms with E-state index in [4.69, 9.17) is 29.6 Å². The van der Waals surface area contributed by atoms with E-state index < -0.39 is 0 Å². The van der Waals surface area contributed by atoms with Crippen molar-refractivity contribution in [1.82, 2.24) is 9.97 Å². The minimum absolute atomic E-state index is 0.0168. The molecule has 0 spiro atoms. The van der Waals surface area contributed by atoms with Crippen LogP contribution in [-0.2, 0) is 0 Å². The van der Waals surface area contributed by atoms with Crippen molar-refractivity contribution in [2.75, 3.05) is 7.05 Å². The van der Waals surface area contributed by atoms with E-state index >= 15 is 0 Å². The van der Waals surface area contributed by atoms with Crippen LogP contribution in [0.15, 0.2) is 4.99 Å². The molecule has 14 heavy (non-hydrogen) atoms. The van der Waals surface area contributed by atoms with E-state index in [2.05, 4.69) is 36.8 Å². The van der Waals surface area contributed by atoms with Gasteiger partial charge in [-0.15, -0.1) is 6.42 Å². The molecular weight excluding hydrogens is 289 g/mol. The summed E-state index contributed by atoms with van der Waals surface area (Å²) < 4.78 is 0.493. The van der Waals surface area contributed by atoms with Crippen LogP contribution in [0.5, 0.6) is 0 Å². The normalized spacial score (nSPS) is 11.2. The molecule has 0 bridgehead atoms. The van der Waals surface area contributed by atoms with Crippen molar-refractivity contribution < 1.29 is 0 Å². The molecule has 0 radical (unpaired) electrons. The summed E-state index contributed by atoms with van der Waals surface area (Å²) in [5, 5.41) is 0.193. The lowest BCUT2D eigenvalue weighted by molar-refractivity contribution is 1.14. The van der Waals surface area contributed by atoms with Crippen molar-refractivity contribution >= 4 is 43.8 Å². The number of halogens is 3. The van der Waals surface area contributed by atoms with Gasteiger partial charge in [-0.2, -0.15) is 0 Å². The van der Waals surface area contributed by atoms with E-state index in [0.717, 1.165) is 0 Å². The van der Waals surface area contributed by atoms with Crippen molar-refractivity contribution in [2.24, 2.45) is 4.99 Å². The summed E-state index contributed by atoms with van der Waals surface area (Å²) in [5.41, 5.74) is 0.786. The van der Waals surface area contributed by atoms with E-state index in [0.29, 0.717) is 15.9 Å². The maximum Gasteiger partial charge on any atom is 0.225 e. The minimum Gasteiger partial charge on any atom is -0.280 e. The Labute approximate surface area is 99.7 Å². The van der Waals surface area contributed by atoms with Crippen LogP contribution in [0.3, 0.4) is 0 Å². The monoisotopic (exact) mass is 291 g/mol. The zero-order valence-corrected chi connectivity index (χ0v) is 10.2. The summed E-state index contributed by atoms with van der Waals surface area (Å²) in [7, 11) is 1.59. The molecule has 6 heteroatoms. The Morgan fingerprint density at radius 1 is 1.50 bits per heavy atom. The first-order valence-electron chi connectivity index (χ1n) is 3.42. The Bertz CT molecular complexity index is 437. The molecule has 1 rings (SSSR count). The molecule has 0 aliphatic heterocycles. The molecule has 0 aliphatic carbocycles. The third-order valence-electron chi connectivity index (χ3n) is 1.38. The summed E-state index contributed by atoms with van der Waals surface area (Å²) in [4.78, 5) is 11.5. The maximum atomic E-state index is 5.85. The van der Waals surface area contributed by atoms with Gasteiger partial charge in [-0.3, -0.25) is 4.99 Å². The van der Waals surface area contributed by atoms with Gasteiger partial charge < -0.3 is 0 Å². The standard InChI is InChI=1S/C8H4BrCl2N3/c1-3-4-5(6(9)12-2)7(10)14-8(11)13-4/h1H,2H3/b12-6+. The Kier molecular flexibility index (Phi) is 3.87. The molecule has 0 amide bonds. The molecule has 3 nitrogen and oxygen atoms in total. The fraction of sp³-hybridized carbons (Fsp3) is 0.125. The highest BCUT2D eigenvalue weighted by atomic mass is 79.9. The molecule has 0 unspecified atom stereocenters. The number of aromatic nitrogens is 2. The zero-order chi connectivity index (χ0) is 10.7. The van der Waals surface area contributed by atoms with Crippen molar-refractivity contribution in [2.45, 2.75) is 0 Å². The second-order valence-electron chi connectivity index (χ2n) is 2.17. The smallest absolute Gasteiger partial charge is 0.225 e. The van der Waals surface area contributed by atoms with Crippen molar-refractivity contribution in [3.63, 3.8) is 0 Å². The highest BCUT2D eigenvalue weighted by Crippen LogP contribution is 2.21. The van der Waals surface area contributed by atoms with Gasteiger partial charge in [-0.05, 0) is 33.5 Å². The summed E-state index contributed by atoms with van der Waals surface area (Å²) >= 11 is 14.6. The lowest BCUT2D eigenvalue weighted by atomic mass is 10.2. The highest BCUT2D eigenvalue weighted by molar-refractivity contribution is 9.18. The third kappa shape index (κ3) is 2.24. The number of terminal acetylenes is 1. The minimum atomic E-state index is 0.0168. The van der Waals surface area contributed by atoms with E-state index in [1.54, 1.807) is 7.05 Å². The molecule has 0 aliphatic rings. The number of aliphatic imine (C=N–C) groups is 1. The van der Waals surface area contributed by atoms with Crippen LogP contribution in [0.25, 0.3) is 0 Å². The van der Waals surface area contributed by atoms with Gasteiger partial charge in [-0.25, -0.2) is 9.97 Å². The Hall–Kier alpha value is -0.630. The van der Waals surface area contributed by atoms with Crippen LogP contribution in [0.4, 0.5) is 0 Å². The molecule has 1 aromatic rings. The van der Waals surface area contributed by atoms with Gasteiger partial charge in [0.2, 0.25) is 5.28 Å². The lowest BCUT2D eigenvalue weighted by Crippen LogP contribution is -2.02. The van der Waals surface area contributed by atoms with Gasteiger partial charge in [-0.1, -0.05) is 11.6 Å². The molecule has 0 N–H and O–H groups in total. The van der Waals surface area contributed by atoms with E-state index in [1.807, 2.05) is 0 Å². The van der Waals surface area contributed by atoms with Gasteiger partial charge in [0.1, 0.15) is 15.5 Å².